The minimum atomic E-state index is 0.0256. The molecule has 2 fully saturated rings. The first-order valence-electron chi connectivity index (χ1n) is 13.0. The highest BCUT2D eigenvalue weighted by Gasteiger charge is 2.54. The Morgan fingerprint density at radius 1 is 0.857 bits per heavy atom. The van der Waals surface area contributed by atoms with Gasteiger partial charge in [0.25, 0.3) is 0 Å². The molecule has 0 saturated heterocycles. The van der Waals surface area contributed by atoms with Crippen LogP contribution < -0.4 is 9.47 Å². The van der Waals surface area contributed by atoms with Gasteiger partial charge in [-0.2, -0.15) is 0 Å². The Morgan fingerprint density at radius 3 is 1.91 bits per heavy atom. The van der Waals surface area contributed by atoms with Crippen LogP contribution in [0.5, 0.6) is 11.5 Å². The van der Waals surface area contributed by atoms with Gasteiger partial charge in [0.2, 0.25) is 0 Å². The molecule has 0 aliphatic heterocycles. The molecule has 0 N–H and O–H groups in total. The molecule has 0 bridgehead atoms. The summed E-state index contributed by atoms with van der Waals surface area (Å²) in [5.74, 6) is 3.13. The van der Waals surface area contributed by atoms with E-state index >= 15 is 0 Å². The van der Waals surface area contributed by atoms with Gasteiger partial charge < -0.3 is 18.9 Å². The highest BCUT2D eigenvalue weighted by molar-refractivity contribution is 5.28. The number of benzene rings is 2. The molecular weight excluding hydrogens is 436 g/mol. The average Bonchev–Trinajstić information content (AvgIpc) is 2.87. The fraction of sp³-hybridized carbons (Fsp3) is 0.548. The van der Waals surface area contributed by atoms with Crippen LogP contribution in [0.25, 0.3) is 0 Å². The topological polar surface area (TPSA) is 36.9 Å². The van der Waals surface area contributed by atoms with Crippen LogP contribution in [0, 0.1) is 23.2 Å². The van der Waals surface area contributed by atoms with Gasteiger partial charge in [0.1, 0.15) is 11.5 Å². The molecule has 5 atom stereocenters. The SMILES string of the molecule is C=C1CC[C@@H](OCc2ccc(OC)cc2)[C@]2(C)CC[C@H](C(C)C)[C@@H](OCc3ccc(OC)cc3)[C@H]12. The van der Waals surface area contributed by atoms with Crippen LogP contribution in [-0.4, -0.2) is 26.4 Å². The van der Waals surface area contributed by atoms with Crippen molar-refractivity contribution in [1.29, 1.82) is 0 Å². The molecule has 0 heterocycles. The van der Waals surface area contributed by atoms with E-state index in [1.807, 2.05) is 24.3 Å². The number of hydrogen-bond donors (Lipinski definition) is 0. The Labute approximate surface area is 211 Å². The van der Waals surface area contributed by atoms with E-state index in [-0.39, 0.29) is 17.6 Å². The molecule has 190 valence electrons. The summed E-state index contributed by atoms with van der Waals surface area (Å²) in [6.07, 6.45) is 4.68. The smallest absolute Gasteiger partial charge is 0.118 e. The maximum atomic E-state index is 6.79. The van der Waals surface area contributed by atoms with Gasteiger partial charge in [0.15, 0.2) is 0 Å². The molecule has 4 nitrogen and oxygen atoms in total. The van der Waals surface area contributed by atoms with Crippen LogP contribution >= 0.6 is 0 Å². The third-order valence-corrected chi connectivity index (χ3v) is 8.45. The molecule has 0 spiro atoms. The number of rotatable bonds is 9. The molecule has 2 saturated carbocycles. The van der Waals surface area contributed by atoms with Crippen LogP contribution in [0.2, 0.25) is 0 Å². The second-order valence-corrected chi connectivity index (χ2v) is 10.9. The van der Waals surface area contributed by atoms with Crippen molar-refractivity contribution in [1.82, 2.24) is 0 Å². The van der Waals surface area contributed by atoms with Crippen molar-refractivity contribution < 1.29 is 18.9 Å². The molecule has 4 heteroatoms. The number of fused-ring (bicyclic) bond motifs is 1. The molecule has 0 amide bonds. The van der Waals surface area contributed by atoms with E-state index in [0.717, 1.165) is 37.2 Å². The summed E-state index contributed by atoms with van der Waals surface area (Å²) in [5, 5.41) is 0. The van der Waals surface area contributed by atoms with Crippen LogP contribution in [0.3, 0.4) is 0 Å². The quantitative estimate of drug-likeness (QED) is 0.357. The van der Waals surface area contributed by atoms with E-state index in [1.165, 1.54) is 16.7 Å². The largest absolute Gasteiger partial charge is 0.497 e. The summed E-state index contributed by atoms with van der Waals surface area (Å²) < 4.78 is 24.0. The number of ether oxygens (including phenoxy) is 4. The first kappa shape index (κ1) is 25.8. The van der Waals surface area contributed by atoms with Crippen molar-refractivity contribution in [3.8, 4) is 11.5 Å². The van der Waals surface area contributed by atoms with Gasteiger partial charge in [0.05, 0.1) is 39.6 Å². The van der Waals surface area contributed by atoms with Crippen molar-refractivity contribution in [2.75, 3.05) is 14.2 Å². The van der Waals surface area contributed by atoms with E-state index in [9.17, 15) is 0 Å². The fourth-order valence-corrected chi connectivity index (χ4v) is 6.32. The zero-order valence-electron chi connectivity index (χ0n) is 22.1. The van der Waals surface area contributed by atoms with Gasteiger partial charge in [-0.25, -0.2) is 0 Å². The van der Waals surface area contributed by atoms with Crippen molar-refractivity contribution in [3.05, 3.63) is 71.8 Å². The van der Waals surface area contributed by atoms with Gasteiger partial charge >= 0.3 is 0 Å². The third-order valence-electron chi connectivity index (χ3n) is 8.45. The van der Waals surface area contributed by atoms with Gasteiger partial charge in [-0.15, -0.1) is 0 Å². The lowest BCUT2D eigenvalue weighted by molar-refractivity contribution is -0.166. The minimum Gasteiger partial charge on any atom is -0.497 e. The number of hydrogen-bond acceptors (Lipinski definition) is 4. The van der Waals surface area contributed by atoms with Gasteiger partial charge in [-0.05, 0) is 72.9 Å². The van der Waals surface area contributed by atoms with Crippen LogP contribution in [-0.2, 0) is 22.7 Å². The highest BCUT2D eigenvalue weighted by Crippen LogP contribution is 2.56. The molecule has 4 rings (SSSR count). The van der Waals surface area contributed by atoms with Crippen LogP contribution in [0.1, 0.15) is 57.6 Å². The predicted molar refractivity (Wildman–Crippen MR) is 141 cm³/mol. The zero-order valence-corrected chi connectivity index (χ0v) is 22.1. The summed E-state index contributed by atoms with van der Waals surface area (Å²) in [6.45, 7) is 12.9. The monoisotopic (exact) mass is 478 g/mol. The second kappa shape index (κ2) is 11.2. The first-order chi connectivity index (χ1) is 16.9. The van der Waals surface area contributed by atoms with Gasteiger partial charge in [-0.1, -0.05) is 57.2 Å². The van der Waals surface area contributed by atoms with Crippen molar-refractivity contribution >= 4 is 0 Å². The Balaban J connectivity index is 1.51. The van der Waals surface area contributed by atoms with Crippen molar-refractivity contribution in [2.24, 2.45) is 23.2 Å². The average molecular weight is 479 g/mol. The van der Waals surface area contributed by atoms with E-state index in [2.05, 4.69) is 51.6 Å². The number of methoxy groups -OCH3 is 2. The molecule has 2 aliphatic rings. The summed E-state index contributed by atoms with van der Waals surface area (Å²) >= 11 is 0. The molecular formula is C31H42O4. The van der Waals surface area contributed by atoms with E-state index in [1.54, 1.807) is 14.2 Å². The Kier molecular flexibility index (Phi) is 8.23. The van der Waals surface area contributed by atoms with E-state index in [0.29, 0.717) is 31.0 Å². The standard InChI is InChI=1S/C31H42O4/c1-21(2)27-17-18-31(4)28(34-19-23-8-12-25(32-5)13-9-23)16-7-22(3)29(31)30(27)35-20-24-10-14-26(33-6)15-11-24/h8-15,21,27-30H,3,7,16-20H2,1-2,4-6H3/t27-,28-,29+,30-,31+/m1/s1. The van der Waals surface area contributed by atoms with Gasteiger partial charge in [-0.3, -0.25) is 0 Å². The van der Waals surface area contributed by atoms with Crippen molar-refractivity contribution in [3.63, 3.8) is 0 Å². The summed E-state index contributed by atoms with van der Waals surface area (Å²) in [7, 11) is 3.39. The Bertz CT molecular complexity index is 964. The molecule has 2 aromatic rings. The highest BCUT2D eigenvalue weighted by atomic mass is 16.5. The lowest BCUT2D eigenvalue weighted by Gasteiger charge is -2.56. The molecule has 2 aliphatic carbocycles. The van der Waals surface area contributed by atoms with E-state index in [4.69, 9.17) is 18.9 Å². The summed E-state index contributed by atoms with van der Waals surface area (Å²) in [6, 6.07) is 16.4. The zero-order chi connectivity index (χ0) is 25.0. The second-order valence-electron chi connectivity index (χ2n) is 10.9. The Morgan fingerprint density at radius 2 is 1.40 bits per heavy atom. The maximum Gasteiger partial charge on any atom is 0.118 e. The molecule has 35 heavy (non-hydrogen) atoms. The first-order valence-corrected chi connectivity index (χ1v) is 13.0. The lowest BCUT2D eigenvalue weighted by atomic mass is 9.53. The minimum absolute atomic E-state index is 0.0256. The third kappa shape index (κ3) is 5.59. The molecule has 0 aromatic heterocycles. The summed E-state index contributed by atoms with van der Waals surface area (Å²) in [4.78, 5) is 0. The molecule has 0 unspecified atom stereocenters. The lowest BCUT2D eigenvalue weighted by Crippen LogP contribution is -2.56. The predicted octanol–water partition coefficient (Wildman–Crippen LogP) is 7.21. The van der Waals surface area contributed by atoms with Gasteiger partial charge in [0, 0.05) is 11.3 Å². The molecule has 2 aromatic carbocycles. The van der Waals surface area contributed by atoms with Crippen LogP contribution in [0.4, 0.5) is 0 Å². The van der Waals surface area contributed by atoms with E-state index < -0.39 is 0 Å². The fourth-order valence-electron chi connectivity index (χ4n) is 6.32. The van der Waals surface area contributed by atoms with Crippen LogP contribution in [0.15, 0.2) is 60.7 Å². The maximum absolute atomic E-state index is 6.79. The Hall–Kier alpha value is -2.30. The normalized spacial score (nSPS) is 28.6. The molecule has 0 radical (unpaired) electrons. The summed E-state index contributed by atoms with van der Waals surface area (Å²) in [5.41, 5.74) is 3.72. The van der Waals surface area contributed by atoms with Crippen molar-refractivity contribution in [2.45, 2.75) is 71.9 Å².